The van der Waals surface area contributed by atoms with E-state index in [0.717, 1.165) is 11.1 Å². The number of anilines is 1. The van der Waals surface area contributed by atoms with Crippen molar-refractivity contribution in [3.8, 4) is 17.0 Å². The molecule has 0 bridgehead atoms. The third-order valence-electron chi connectivity index (χ3n) is 4.47. The lowest BCUT2D eigenvalue weighted by atomic mass is 10.2. The minimum atomic E-state index is -0.688. The minimum Gasteiger partial charge on any atom is -0.423 e. The van der Waals surface area contributed by atoms with Gasteiger partial charge in [-0.2, -0.15) is 5.10 Å². The first-order valence-corrected chi connectivity index (χ1v) is 11.3. The normalized spacial score (nSPS) is 10.9. The first-order valence-electron chi connectivity index (χ1n) is 9.66. The van der Waals surface area contributed by atoms with Crippen LogP contribution in [-0.2, 0) is 0 Å². The molecule has 1 aromatic heterocycles. The number of carbonyl (C=O) groups is 1. The molecule has 0 aliphatic rings. The Morgan fingerprint density at radius 3 is 2.65 bits per heavy atom. The molecule has 0 fully saturated rings. The molecule has 0 saturated carbocycles. The van der Waals surface area contributed by atoms with Crippen molar-refractivity contribution in [1.29, 1.82) is 0 Å². The summed E-state index contributed by atoms with van der Waals surface area (Å²) in [5, 5.41) is 18.5. The number of rotatable bonds is 7. The lowest BCUT2D eigenvalue weighted by Crippen LogP contribution is -2.08. The van der Waals surface area contributed by atoms with E-state index in [1.165, 1.54) is 35.6 Å². The van der Waals surface area contributed by atoms with E-state index in [9.17, 15) is 14.9 Å². The van der Waals surface area contributed by atoms with Gasteiger partial charge in [-0.05, 0) is 54.1 Å². The average molecular weight is 513 g/mol. The van der Waals surface area contributed by atoms with Crippen LogP contribution in [0.15, 0.2) is 77.2 Å². The average Bonchev–Trinajstić information content (AvgIpc) is 3.29. The van der Waals surface area contributed by atoms with Crippen LogP contribution < -0.4 is 10.2 Å². The highest BCUT2D eigenvalue weighted by atomic mass is 35.5. The highest BCUT2D eigenvalue weighted by Gasteiger charge is 2.13. The van der Waals surface area contributed by atoms with E-state index in [-0.39, 0.29) is 11.3 Å². The number of hydrogen-bond donors (Lipinski definition) is 1. The molecule has 34 heavy (non-hydrogen) atoms. The van der Waals surface area contributed by atoms with Crippen LogP contribution in [0.1, 0.15) is 15.9 Å². The van der Waals surface area contributed by atoms with Crippen molar-refractivity contribution in [2.75, 3.05) is 5.43 Å². The van der Waals surface area contributed by atoms with Gasteiger partial charge >= 0.3 is 5.97 Å². The van der Waals surface area contributed by atoms with Crippen molar-refractivity contribution < 1.29 is 14.5 Å². The Morgan fingerprint density at radius 2 is 1.91 bits per heavy atom. The first kappa shape index (κ1) is 23.4. The zero-order valence-corrected chi connectivity index (χ0v) is 19.5. The summed E-state index contributed by atoms with van der Waals surface area (Å²) in [7, 11) is 0. The fraction of sp³-hybridized carbons (Fsp3) is 0. The number of esters is 1. The van der Waals surface area contributed by atoms with E-state index in [2.05, 4.69) is 15.5 Å². The van der Waals surface area contributed by atoms with Crippen molar-refractivity contribution in [2.24, 2.45) is 5.10 Å². The number of nitrogens with zero attached hydrogens (tertiary/aromatic N) is 3. The second-order valence-corrected chi connectivity index (χ2v) is 8.50. The molecule has 11 heteroatoms. The highest BCUT2D eigenvalue weighted by molar-refractivity contribution is 7.14. The fourth-order valence-electron chi connectivity index (χ4n) is 2.84. The molecule has 0 radical (unpaired) electrons. The van der Waals surface area contributed by atoms with Gasteiger partial charge in [0, 0.05) is 28.1 Å². The van der Waals surface area contributed by atoms with E-state index < -0.39 is 10.9 Å². The number of hydrazone groups is 1. The maximum atomic E-state index is 12.2. The second-order valence-electron chi connectivity index (χ2n) is 6.80. The third kappa shape index (κ3) is 5.76. The van der Waals surface area contributed by atoms with Gasteiger partial charge in [0.25, 0.3) is 5.69 Å². The van der Waals surface area contributed by atoms with Crippen LogP contribution in [0.4, 0.5) is 10.8 Å². The first-order chi connectivity index (χ1) is 16.4. The molecule has 4 rings (SSSR count). The van der Waals surface area contributed by atoms with Gasteiger partial charge < -0.3 is 4.74 Å². The smallest absolute Gasteiger partial charge is 0.343 e. The van der Waals surface area contributed by atoms with Gasteiger partial charge in [-0.15, -0.1) is 11.3 Å². The predicted molar refractivity (Wildman–Crippen MR) is 133 cm³/mol. The molecule has 4 aromatic rings. The second kappa shape index (κ2) is 10.4. The molecule has 0 aliphatic carbocycles. The molecule has 1 N–H and O–H groups in total. The number of carbonyl (C=O) groups excluding carboxylic acids is 1. The van der Waals surface area contributed by atoms with Gasteiger partial charge in [-0.25, -0.2) is 9.78 Å². The lowest BCUT2D eigenvalue weighted by molar-refractivity contribution is -0.384. The molecule has 0 amide bonds. The summed E-state index contributed by atoms with van der Waals surface area (Å²) in [4.78, 5) is 27.0. The molecule has 8 nitrogen and oxygen atoms in total. The van der Waals surface area contributed by atoms with Gasteiger partial charge in [0.1, 0.15) is 5.75 Å². The SMILES string of the molecule is O=C(Oc1ccc(C=NNc2nc(-c3ccc(Cl)cc3Cl)cs2)cc1)c1cccc([N+](=O)[O-])c1. The van der Waals surface area contributed by atoms with E-state index in [1.54, 1.807) is 48.7 Å². The van der Waals surface area contributed by atoms with Crippen molar-refractivity contribution in [3.63, 3.8) is 0 Å². The van der Waals surface area contributed by atoms with Crippen molar-refractivity contribution in [3.05, 3.63) is 103 Å². The number of thiazole rings is 1. The topological polar surface area (TPSA) is 107 Å². The zero-order chi connectivity index (χ0) is 24.1. The van der Waals surface area contributed by atoms with Crippen LogP contribution in [-0.4, -0.2) is 22.1 Å². The van der Waals surface area contributed by atoms with E-state index in [1.807, 2.05) is 5.38 Å². The molecule has 1 heterocycles. The van der Waals surface area contributed by atoms with Crippen LogP contribution in [0, 0.1) is 10.1 Å². The van der Waals surface area contributed by atoms with Gasteiger partial charge in [0.15, 0.2) is 0 Å². The van der Waals surface area contributed by atoms with Gasteiger partial charge in [-0.3, -0.25) is 15.5 Å². The summed E-state index contributed by atoms with van der Waals surface area (Å²) in [6.45, 7) is 0. The van der Waals surface area contributed by atoms with Crippen molar-refractivity contribution >= 4 is 57.5 Å². The summed E-state index contributed by atoms with van der Waals surface area (Å²) >= 11 is 13.5. The van der Waals surface area contributed by atoms with E-state index >= 15 is 0 Å². The van der Waals surface area contributed by atoms with Crippen molar-refractivity contribution in [2.45, 2.75) is 0 Å². The monoisotopic (exact) mass is 512 g/mol. The van der Waals surface area contributed by atoms with E-state index in [4.69, 9.17) is 27.9 Å². The number of nitro benzene ring substituents is 1. The molecule has 3 aromatic carbocycles. The maximum Gasteiger partial charge on any atom is 0.343 e. The quantitative estimate of drug-likeness (QED) is 0.0970. The minimum absolute atomic E-state index is 0.0896. The molecule has 0 atom stereocenters. The Balaban J connectivity index is 1.35. The Hall–Kier alpha value is -3.79. The maximum absolute atomic E-state index is 12.2. The predicted octanol–water partition coefficient (Wildman–Crippen LogP) is 6.69. The zero-order valence-electron chi connectivity index (χ0n) is 17.1. The summed E-state index contributed by atoms with van der Waals surface area (Å²) in [5.74, 6) is -0.391. The number of aromatic nitrogens is 1. The van der Waals surface area contributed by atoms with Crippen LogP contribution >= 0.6 is 34.5 Å². The van der Waals surface area contributed by atoms with Crippen LogP contribution in [0.5, 0.6) is 5.75 Å². The number of nitrogens with one attached hydrogen (secondary N) is 1. The number of hydrogen-bond acceptors (Lipinski definition) is 8. The third-order valence-corrected chi connectivity index (χ3v) is 5.76. The largest absolute Gasteiger partial charge is 0.423 e. The molecule has 0 spiro atoms. The number of nitro groups is 1. The number of benzene rings is 3. The fourth-order valence-corrected chi connectivity index (χ4v) is 4.01. The standard InChI is InChI=1S/C23H14Cl2N4O4S/c24-16-6-9-19(20(25)11-16)21-13-34-23(27-21)28-26-12-14-4-7-18(8-5-14)33-22(30)15-2-1-3-17(10-15)29(31)32/h1-13H,(H,27,28). The molecule has 170 valence electrons. The Kier molecular flexibility index (Phi) is 7.17. The van der Waals surface area contributed by atoms with Crippen LogP contribution in [0.3, 0.4) is 0 Å². The Labute approximate surface area is 207 Å². The van der Waals surface area contributed by atoms with Crippen molar-refractivity contribution in [1.82, 2.24) is 4.98 Å². The Bertz CT molecular complexity index is 1390. The molecule has 0 saturated heterocycles. The summed E-state index contributed by atoms with van der Waals surface area (Å²) < 4.78 is 5.28. The molecular weight excluding hydrogens is 499 g/mol. The van der Waals surface area contributed by atoms with Gasteiger partial charge in [0.05, 0.1) is 27.4 Å². The van der Waals surface area contributed by atoms with Gasteiger partial charge in [0.2, 0.25) is 5.13 Å². The van der Waals surface area contributed by atoms with E-state index in [0.29, 0.717) is 26.6 Å². The number of non-ortho nitro benzene ring substituents is 1. The van der Waals surface area contributed by atoms with Crippen LogP contribution in [0.25, 0.3) is 11.3 Å². The van der Waals surface area contributed by atoms with Gasteiger partial charge in [-0.1, -0.05) is 29.3 Å². The summed E-state index contributed by atoms with van der Waals surface area (Å²) in [6.07, 6.45) is 1.59. The Morgan fingerprint density at radius 1 is 1.12 bits per heavy atom. The molecule has 0 aliphatic heterocycles. The molecule has 0 unspecified atom stereocenters. The lowest BCUT2D eigenvalue weighted by Gasteiger charge is -2.04. The molecular formula is C23H14Cl2N4O4S. The number of ether oxygens (including phenoxy) is 1. The summed E-state index contributed by atoms with van der Waals surface area (Å²) in [5.41, 5.74) is 5.00. The highest BCUT2D eigenvalue weighted by Crippen LogP contribution is 2.32. The summed E-state index contributed by atoms with van der Waals surface area (Å²) in [6, 6.07) is 17.2. The number of halogens is 2. The van der Waals surface area contributed by atoms with Crippen LogP contribution in [0.2, 0.25) is 10.0 Å².